The molecule has 112 valence electrons. The molecule has 20 heavy (non-hydrogen) atoms. The third kappa shape index (κ3) is 3.65. The smallest absolute Gasteiger partial charge is 0.131 e. The molecule has 2 rings (SSSR count). The SMILES string of the molecule is COc1cccc(F)c1C(N)CCN1CCSCC1C. The standard InChI is InChI=1S/C15H23FN2OS/c1-11-10-20-9-8-18(11)7-6-13(17)15-12(16)4-3-5-14(15)19-2/h3-5,11,13H,6-10,17H2,1-2H3. The summed E-state index contributed by atoms with van der Waals surface area (Å²) in [5.74, 6) is 2.60. The summed E-state index contributed by atoms with van der Waals surface area (Å²) in [6.45, 7) is 4.23. The first-order valence-corrected chi connectivity index (χ1v) is 8.18. The van der Waals surface area contributed by atoms with Crippen LogP contribution in [0.4, 0.5) is 4.39 Å². The Balaban J connectivity index is 1.99. The fraction of sp³-hybridized carbons (Fsp3) is 0.600. The first-order valence-electron chi connectivity index (χ1n) is 7.03. The van der Waals surface area contributed by atoms with E-state index >= 15 is 0 Å². The van der Waals surface area contributed by atoms with E-state index in [0.29, 0.717) is 17.4 Å². The van der Waals surface area contributed by atoms with Crippen LogP contribution in [0.25, 0.3) is 0 Å². The van der Waals surface area contributed by atoms with E-state index in [1.807, 2.05) is 11.8 Å². The molecule has 0 saturated carbocycles. The maximum atomic E-state index is 14.0. The second kappa shape index (κ2) is 7.29. The predicted molar refractivity (Wildman–Crippen MR) is 82.9 cm³/mol. The highest BCUT2D eigenvalue weighted by Gasteiger charge is 2.21. The highest BCUT2D eigenvalue weighted by Crippen LogP contribution is 2.29. The second-order valence-electron chi connectivity index (χ2n) is 5.21. The van der Waals surface area contributed by atoms with Crippen LogP contribution in [0.1, 0.15) is 24.9 Å². The highest BCUT2D eigenvalue weighted by atomic mass is 32.2. The molecule has 0 aromatic heterocycles. The quantitative estimate of drug-likeness (QED) is 0.907. The van der Waals surface area contributed by atoms with Crippen LogP contribution >= 0.6 is 11.8 Å². The molecule has 2 N–H and O–H groups in total. The molecule has 1 saturated heterocycles. The summed E-state index contributed by atoms with van der Waals surface area (Å²) in [7, 11) is 1.55. The maximum absolute atomic E-state index is 14.0. The number of benzene rings is 1. The van der Waals surface area contributed by atoms with E-state index in [4.69, 9.17) is 10.5 Å². The van der Waals surface area contributed by atoms with Crippen molar-refractivity contribution < 1.29 is 9.13 Å². The van der Waals surface area contributed by atoms with E-state index in [0.717, 1.165) is 25.3 Å². The van der Waals surface area contributed by atoms with Crippen molar-refractivity contribution in [3.63, 3.8) is 0 Å². The summed E-state index contributed by atoms with van der Waals surface area (Å²) in [5.41, 5.74) is 6.68. The number of hydrogen-bond acceptors (Lipinski definition) is 4. The number of hydrogen-bond donors (Lipinski definition) is 1. The summed E-state index contributed by atoms with van der Waals surface area (Å²) in [6, 6.07) is 5.10. The number of thioether (sulfide) groups is 1. The van der Waals surface area contributed by atoms with Crippen LogP contribution < -0.4 is 10.5 Å². The van der Waals surface area contributed by atoms with Crippen LogP contribution in [0.15, 0.2) is 18.2 Å². The van der Waals surface area contributed by atoms with Crippen LogP contribution in [-0.4, -0.2) is 42.6 Å². The van der Waals surface area contributed by atoms with Gasteiger partial charge in [0.2, 0.25) is 0 Å². The van der Waals surface area contributed by atoms with E-state index in [1.165, 1.54) is 11.8 Å². The molecule has 2 unspecified atom stereocenters. The molecule has 1 aliphatic rings. The minimum atomic E-state index is -0.326. The fourth-order valence-electron chi connectivity index (χ4n) is 2.60. The molecule has 1 fully saturated rings. The van der Waals surface area contributed by atoms with Crippen molar-refractivity contribution in [2.24, 2.45) is 5.73 Å². The van der Waals surface area contributed by atoms with E-state index in [2.05, 4.69) is 11.8 Å². The number of rotatable bonds is 5. The summed E-state index contributed by atoms with van der Waals surface area (Å²) < 4.78 is 19.2. The molecular weight excluding hydrogens is 275 g/mol. The lowest BCUT2D eigenvalue weighted by molar-refractivity contribution is 0.223. The molecule has 0 amide bonds. The van der Waals surface area contributed by atoms with E-state index < -0.39 is 0 Å². The van der Waals surface area contributed by atoms with Gasteiger partial charge in [0.25, 0.3) is 0 Å². The first kappa shape index (κ1) is 15.6. The van der Waals surface area contributed by atoms with Crippen molar-refractivity contribution in [3.8, 4) is 5.75 Å². The average molecular weight is 298 g/mol. The zero-order valence-corrected chi connectivity index (χ0v) is 13.0. The first-order chi connectivity index (χ1) is 9.63. The molecule has 1 aromatic carbocycles. The molecule has 1 heterocycles. The van der Waals surface area contributed by atoms with Crippen molar-refractivity contribution in [2.45, 2.75) is 25.4 Å². The van der Waals surface area contributed by atoms with Crippen LogP contribution in [0.2, 0.25) is 0 Å². The molecule has 0 bridgehead atoms. The molecule has 1 aliphatic heterocycles. The molecule has 2 atom stereocenters. The van der Waals surface area contributed by atoms with Crippen LogP contribution in [0.3, 0.4) is 0 Å². The Morgan fingerprint density at radius 1 is 1.55 bits per heavy atom. The Morgan fingerprint density at radius 2 is 2.35 bits per heavy atom. The number of methoxy groups -OCH3 is 1. The monoisotopic (exact) mass is 298 g/mol. The third-order valence-corrected chi connectivity index (χ3v) is 5.03. The average Bonchev–Trinajstić information content (AvgIpc) is 2.45. The third-order valence-electron chi connectivity index (χ3n) is 3.84. The molecule has 0 radical (unpaired) electrons. The van der Waals surface area contributed by atoms with Crippen molar-refractivity contribution in [2.75, 3.05) is 31.7 Å². The second-order valence-corrected chi connectivity index (χ2v) is 6.36. The Kier molecular flexibility index (Phi) is 5.69. The normalized spacial score (nSPS) is 21.7. The van der Waals surface area contributed by atoms with Gasteiger partial charge >= 0.3 is 0 Å². The highest BCUT2D eigenvalue weighted by molar-refractivity contribution is 7.99. The Morgan fingerprint density at radius 3 is 3.05 bits per heavy atom. The van der Waals surface area contributed by atoms with E-state index in [9.17, 15) is 4.39 Å². The van der Waals surface area contributed by atoms with Gasteiger partial charge in [0.1, 0.15) is 11.6 Å². The lowest BCUT2D eigenvalue weighted by Crippen LogP contribution is -2.41. The zero-order chi connectivity index (χ0) is 14.5. The summed E-state index contributed by atoms with van der Waals surface area (Å²) in [5, 5.41) is 0. The van der Waals surface area contributed by atoms with Gasteiger partial charge in [0.05, 0.1) is 7.11 Å². The Bertz CT molecular complexity index is 444. The lowest BCUT2D eigenvalue weighted by atomic mass is 10.0. The molecule has 0 spiro atoms. The van der Waals surface area contributed by atoms with Gasteiger partial charge in [-0.05, 0) is 25.5 Å². The number of halogens is 1. The van der Waals surface area contributed by atoms with Gasteiger partial charge in [-0.2, -0.15) is 11.8 Å². The van der Waals surface area contributed by atoms with Crippen molar-refractivity contribution in [3.05, 3.63) is 29.6 Å². The molecular formula is C15H23FN2OS. The number of ether oxygens (including phenoxy) is 1. The zero-order valence-electron chi connectivity index (χ0n) is 12.1. The minimum Gasteiger partial charge on any atom is -0.496 e. The topological polar surface area (TPSA) is 38.5 Å². The van der Waals surface area contributed by atoms with Crippen LogP contribution in [0.5, 0.6) is 5.75 Å². The summed E-state index contributed by atoms with van der Waals surface area (Å²) in [6.07, 6.45) is 0.742. The van der Waals surface area contributed by atoms with Crippen molar-refractivity contribution in [1.82, 2.24) is 4.90 Å². The number of nitrogens with two attached hydrogens (primary N) is 1. The summed E-state index contributed by atoms with van der Waals surface area (Å²) in [4.78, 5) is 2.43. The van der Waals surface area contributed by atoms with Gasteiger partial charge in [0, 0.05) is 42.2 Å². The minimum absolute atomic E-state index is 0.279. The molecule has 1 aromatic rings. The largest absolute Gasteiger partial charge is 0.496 e. The van der Waals surface area contributed by atoms with Crippen LogP contribution in [0, 0.1) is 5.82 Å². The van der Waals surface area contributed by atoms with Gasteiger partial charge in [-0.15, -0.1) is 0 Å². The molecule has 0 aliphatic carbocycles. The Hall–Kier alpha value is -0.780. The lowest BCUT2D eigenvalue weighted by Gasteiger charge is -2.33. The van der Waals surface area contributed by atoms with Gasteiger partial charge in [-0.25, -0.2) is 4.39 Å². The predicted octanol–water partition coefficient (Wildman–Crippen LogP) is 2.66. The molecule has 5 heteroatoms. The van der Waals surface area contributed by atoms with Crippen molar-refractivity contribution in [1.29, 1.82) is 0 Å². The van der Waals surface area contributed by atoms with Gasteiger partial charge in [-0.1, -0.05) is 6.07 Å². The Labute approximate surface area is 124 Å². The van der Waals surface area contributed by atoms with Gasteiger partial charge in [0.15, 0.2) is 0 Å². The van der Waals surface area contributed by atoms with Crippen LogP contribution in [-0.2, 0) is 0 Å². The van der Waals surface area contributed by atoms with Crippen molar-refractivity contribution >= 4 is 11.8 Å². The number of nitrogens with zero attached hydrogens (tertiary/aromatic N) is 1. The van der Waals surface area contributed by atoms with Gasteiger partial charge < -0.3 is 10.5 Å². The van der Waals surface area contributed by atoms with E-state index in [-0.39, 0.29) is 11.9 Å². The molecule has 3 nitrogen and oxygen atoms in total. The summed E-state index contributed by atoms with van der Waals surface area (Å²) >= 11 is 1.99. The van der Waals surface area contributed by atoms with Gasteiger partial charge in [-0.3, -0.25) is 4.90 Å². The fourth-order valence-corrected chi connectivity index (χ4v) is 3.68. The van der Waals surface area contributed by atoms with E-state index in [1.54, 1.807) is 19.2 Å². The maximum Gasteiger partial charge on any atom is 0.131 e.